The summed E-state index contributed by atoms with van der Waals surface area (Å²) in [5.74, 6) is -6.41. The van der Waals surface area contributed by atoms with Gasteiger partial charge >= 0.3 is 5.97 Å². The molecular formula is C11H16F2O2. The van der Waals surface area contributed by atoms with Gasteiger partial charge in [0.05, 0.1) is 6.61 Å². The molecule has 1 unspecified atom stereocenters. The molecule has 0 aliphatic heterocycles. The van der Waals surface area contributed by atoms with Crippen LogP contribution in [-0.2, 0) is 9.53 Å². The van der Waals surface area contributed by atoms with Gasteiger partial charge in [-0.15, -0.1) is 6.58 Å². The number of carbonyl (C=O) groups is 1. The Bertz CT molecular complexity index is 263. The summed E-state index contributed by atoms with van der Waals surface area (Å²) in [6, 6.07) is 0. The molecule has 0 aromatic heterocycles. The lowest BCUT2D eigenvalue weighted by molar-refractivity contribution is -0.164. The van der Waals surface area contributed by atoms with E-state index in [1.54, 1.807) is 13.8 Å². The maximum absolute atomic E-state index is 13.7. The summed E-state index contributed by atoms with van der Waals surface area (Å²) in [6.07, 6.45) is 1.52. The highest BCUT2D eigenvalue weighted by atomic mass is 19.3. The first-order valence-electron chi connectivity index (χ1n) is 5.12. The average Bonchev–Trinajstić information content (AvgIpc) is 2.36. The number of hydrogen-bond donors (Lipinski definition) is 0. The van der Waals surface area contributed by atoms with Crippen LogP contribution in [0.2, 0.25) is 0 Å². The number of rotatable bonds is 3. The number of hydrogen-bond acceptors (Lipinski definition) is 2. The molecule has 1 fully saturated rings. The first-order valence-corrected chi connectivity index (χ1v) is 5.12. The predicted molar refractivity (Wildman–Crippen MR) is 52.5 cm³/mol. The molecule has 0 amide bonds. The van der Waals surface area contributed by atoms with Crippen molar-refractivity contribution in [3.63, 3.8) is 0 Å². The average molecular weight is 218 g/mol. The standard InChI is InChI=1S/C11H16F2O2/c1-4-8-6-7(3)9(11(8,12)13)10(14)15-5-2/h4,7-9H,1,5-6H2,2-3H3/t7-,8?,9-/m0/s1. The van der Waals surface area contributed by atoms with Gasteiger partial charge in [0, 0.05) is 5.92 Å². The molecule has 0 N–H and O–H groups in total. The first-order chi connectivity index (χ1) is 6.95. The number of halogens is 2. The van der Waals surface area contributed by atoms with Gasteiger partial charge in [0.15, 0.2) is 0 Å². The molecule has 1 aliphatic rings. The Balaban J connectivity index is 2.87. The van der Waals surface area contributed by atoms with E-state index < -0.39 is 23.7 Å². The Kier molecular flexibility index (Phi) is 3.47. The molecule has 0 bridgehead atoms. The fourth-order valence-electron chi connectivity index (χ4n) is 2.18. The lowest BCUT2D eigenvalue weighted by Gasteiger charge is -2.22. The second-order valence-corrected chi connectivity index (χ2v) is 3.96. The normalized spacial score (nSPS) is 33.7. The fraction of sp³-hybridized carbons (Fsp3) is 0.727. The van der Waals surface area contributed by atoms with Crippen LogP contribution in [0.4, 0.5) is 8.78 Å². The van der Waals surface area contributed by atoms with Crippen LogP contribution in [-0.4, -0.2) is 18.5 Å². The minimum Gasteiger partial charge on any atom is -0.466 e. The molecule has 1 aliphatic carbocycles. The van der Waals surface area contributed by atoms with Crippen molar-refractivity contribution in [1.29, 1.82) is 0 Å². The van der Waals surface area contributed by atoms with E-state index in [-0.39, 0.29) is 12.5 Å². The third kappa shape index (κ3) is 2.03. The monoisotopic (exact) mass is 218 g/mol. The molecule has 2 nitrogen and oxygen atoms in total. The minimum absolute atomic E-state index is 0.136. The Morgan fingerprint density at radius 2 is 2.27 bits per heavy atom. The zero-order valence-corrected chi connectivity index (χ0v) is 9.00. The van der Waals surface area contributed by atoms with Gasteiger partial charge in [0.25, 0.3) is 5.92 Å². The van der Waals surface area contributed by atoms with Crippen molar-refractivity contribution < 1.29 is 18.3 Å². The molecule has 4 heteroatoms. The lowest BCUT2D eigenvalue weighted by Crippen LogP contribution is -2.37. The summed E-state index contributed by atoms with van der Waals surface area (Å²) in [4.78, 5) is 11.4. The second kappa shape index (κ2) is 4.29. The smallest absolute Gasteiger partial charge is 0.315 e. The fourth-order valence-corrected chi connectivity index (χ4v) is 2.18. The molecule has 0 aromatic carbocycles. The quantitative estimate of drug-likeness (QED) is 0.537. The van der Waals surface area contributed by atoms with E-state index in [0.29, 0.717) is 6.42 Å². The van der Waals surface area contributed by atoms with Crippen molar-refractivity contribution in [2.45, 2.75) is 26.2 Å². The molecule has 86 valence electrons. The van der Waals surface area contributed by atoms with Gasteiger partial charge < -0.3 is 4.74 Å². The Hall–Kier alpha value is -0.930. The van der Waals surface area contributed by atoms with Crippen LogP contribution >= 0.6 is 0 Å². The molecule has 3 atom stereocenters. The number of carbonyl (C=O) groups excluding carboxylic acids is 1. The summed E-state index contributed by atoms with van der Waals surface area (Å²) in [6.45, 7) is 6.78. The number of ether oxygens (including phenoxy) is 1. The lowest BCUT2D eigenvalue weighted by atomic mass is 9.95. The third-order valence-electron chi connectivity index (χ3n) is 2.93. The molecule has 0 spiro atoms. The van der Waals surface area contributed by atoms with Gasteiger partial charge in [-0.05, 0) is 19.3 Å². The molecule has 0 heterocycles. The van der Waals surface area contributed by atoms with Gasteiger partial charge in [-0.3, -0.25) is 4.79 Å². The SMILES string of the molecule is C=CC1C[C@H](C)[C@@H](C(=O)OCC)C1(F)F. The summed E-state index contributed by atoms with van der Waals surface area (Å²) < 4.78 is 32.1. The predicted octanol–water partition coefficient (Wildman–Crippen LogP) is 2.64. The minimum atomic E-state index is -3.02. The van der Waals surface area contributed by atoms with Crippen molar-refractivity contribution in [3.05, 3.63) is 12.7 Å². The van der Waals surface area contributed by atoms with E-state index in [4.69, 9.17) is 0 Å². The number of esters is 1. The largest absolute Gasteiger partial charge is 0.466 e. The molecule has 1 rings (SSSR count). The topological polar surface area (TPSA) is 26.3 Å². The van der Waals surface area contributed by atoms with E-state index in [1.165, 1.54) is 6.08 Å². The highest BCUT2D eigenvalue weighted by Gasteiger charge is 2.58. The van der Waals surface area contributed by atoms with E-state index in [2.05, 4.69) is 11.3 Å². The summed E-state index contributed by atoms with van der Waals surface area (Å²) >= 11 is 0. The highest BCUT2D eigenvalue weighted by molar-refractivity contribution is 5.74. The Labute approximate surface area is 88.3 Å². The first kappa shape index (κ1) is 12.1. The van der Waals surface area contributed by atoms with Crippen LogP contribution in [0.1, 0.15) is 20.3 Å². The van der Waals surface area contributed by atoms with E-state index >= 15 is 0 Å². The van der Waals surface area contributed by atoms with Gasteiger partial charge in [-0.1, -0.05) is 13.0 Å². The second-order valence-electron chi connectivity index (χ2n) is 3.96. The maximum Gasteiger partial charge on any atom is 0.315 e. The van der Waals surface area contributed by atoms with Gasteiger partial charge in [-0.25, -0.2) is 8.78 Å². The highest BCUT2D eigenvalue weighted by Crippen LogP contribution is 2.49. The van der Waals surface area contributed by atoms with Crippen molar-refractivity contribution >= 4 is 5.97 Å². The van der Waals surface area contributed by atoms with Crippen LogP contribution in [0.5, 0.6) is 0 Å². The molecule has 1 saturated carbocycles. The van der Waals surface area contributed by atoms with E-state index in [1.807, 2.05) is 0 Å². The molecule has 0 radical (unpaired) electrons. The zero-order valence-electron chi connectivity index (χ0n) is 9.00. The summed E-state index contributed by atoms with van der Waals surface area (Å²) in [7, 11) is 0. The van der Waals surface area contributed by atoms with Crippen molar-refractivity contribution in [1.82, 2.24) is 0 Å². The van der Waals surface area contributed by atoms with Crippen LogP contribution in [0, 0.1) is 17.8 Å². The van der Waals surface area contributed by atoms with Crippen LogP contribution in [0.25, 0.3) is 0 Å². The van der Waals surface area contributed by atoms with Crippen molar-refractivity contribution in [2.75, 3.05) is 6.61 Å². The van der Waals surface area contributed by atoms with Crippen LogP contribution in [0.3, 0.4) is 0 Å². The number of alkyl halides is 2. The number of allylic oxidation sites excluding steroid dienone is 1. The Morgan fingerprint density at radius 3 is 2.67 bits per heavy atom. The Morgan fingerprint density at radius 1 is 1.67 bits per heavy atom. The van der Waals surface area contributed by atoms with E-state index in [9.17, 15) is 13.6 Å². The maximum atomic E-state index is 13.7. The summed E-state index contributed by atoms with van der Waals surface area (Å²) in [5, 5.41) is 0. The third-order valence-corrected chi connectivity index (χ3v) is 2.93. The summed E-state index contributed by atoms with van der Waals surface area (Å²) in [5.41, 5.74) is 0. The van der Waals surface area contributed by atoms with E-state index in [0.717, 1.165) is 0 Å². The molecule has 0 aromatic rings. The van der Waals surface area contributed by atoms with Crippen molar-refractivity contribution in [3.8, 4) is 0 Å². The van der Waals surface area contributed by atoms with Gasteiger partial charge in [0.2, 0.25) is 0 Å². The molecular weight excluding hydrogens is 202 g/mol. The molecule has 0 saturated heterocycles. The van der Waals surface area contributed by atoms with Crippen LogP contribution in [0.15, 0.2) is 12.7 Å². The van der Waals surface area contributed by atoms with Crippen LogP contribution < -0.4 is 0 Å². The van der Waals surface area contributed by atoms with Crippen molar-refractivity contribution in [2.24, 2.45) is 17.8 Å². The van der Waals surface area contributed by atoms with Gasteiger partial charge in [-0.2, -0.15) is 0 Å². The van der Waals surface area contributed by atoms with Gasteiger partial charge in [0.1, 0.15) is 5.92 Å². The zero-order chi connectivity index (χ0) is 11.6. The molecule has 15 heavy (non-hydrogen) atoms.